The number of hydrogen-bond donors (Lipinski definition) is 2. The van der Waals surface area contributed by atoms with E-state index in [1.54, 1.807) is 12.1 Å². The molecule has 0 aromatic heterocycles. The topological polar surface area (TPSA) is 64.3 Å². The van der Waals surface area contributed by atoms with Crippen LogP contribution in [0.25, 0.3) is 0 Å². The van der Waals surface area contributed by atoms with E-state index in [1.807, 2.05) is 13.0 Å². The number of nitrogens with one attached hydrogen (secondary N) is 1. The first-order chi connectivity index (χ1) is 9.10. The van der Waals surface area contributed by atoms with Gasteiger partial charge in [0.05, 0.1) is 0 Å². The van der Waals surface area contributed by atoms with Crippen LogP contribution < -0.4 is 15.8 Å². The van der Waals surface area contributed by atoms with Gasteiger partial charge in [-0.15, -0.1) is 0 Å². The molecule has 0 saturated heterocycles. The molecule has 1 aromatic carbocycles. The van der Waals surface area contributed by atoms with Crippen LogP contribution in [0.3, 0.4) is 0 Å². The summed E-state index contributed by atoms with van der Waals surface area (Å²) in [6.07, 6.45) is 2.39. The minimum atomic E-state index is -0.596. The van der Waals surface area contributed by atoms with Crippen LogP contribution in [0.15, 0.2) is 18.2 Å². The number of rotatable bonds is 7. The predicted octanol–water partition coefficient (Wildman–Crippen LogP) is 2.23. The maximum atomic E-state index is 11.2. The highest BCUT2D eigenvalue weighted by atomic mass is 35.5. The number of ether oxygens (including phenoxy) is 1. The summed E-state index contributed by atoms with van der Waals surface area (Å²) in [5.74, 6) is 0.224. The molecule has 1 unspecified atom stereocenters. The van der Waals surface area contributed by atoms with Crippen LogP contribution in [-0.4, -0.2) is 18.1 Å². The molecule has 2 rings (SSSR count). The van der Waals surface area contributed by atoms with Crippen molar-refractivity contribution >= 4 is 17.5 Å². The van der Waals surface area contributed by atoms with E-state index in [0.717, 1.165) is 5.56 Å². The Morgan fingerprint density at radius 1 is 1.58 bits per heavy atom. The summed E-state index contributed by atoms with van der Waals surface area (Å²) in [4.78, 5) is 11.2. The van der Waals surface area contributed by atoms with Gasteiger partial charge in [-0.2, -0.15) is 0 Å². The predicted molar refractivity (Wildman–Crippen MR) is 75.2 cm³/mol. The molecule has 104 valence electrons. The highest BCUT2D eigenvalue weighted by molar-refractivity contribution is 6.30. The highest BCUT2D eigenvalue weighted by Gasteiger charge is 2.21. The van der Waals surface area contributed by atoms with Gasteiger partial charge in [-0.1, -0.05) is 18.5 Å². The molecule has 0 radical (unpaired) electrons. The molecule has 0 bridgehead atoms. The smallest absolute Gasteiger partial charge is 0.258 e. The number of nitrogens with two attached hydrogens (primary N) is 1. The minimum absolute atomic E-state index is 0.446. The van der Waals surface area contributed by atoms with Crippen molar-refractivity contribution in [2.45, 2.75) is 44.9 Å². The molecule has 1 fully saturated rings. The minimum Gasteiger partial charge on any atom is -0.480 e. The molecule has 1 atom stereocenters. The third kappa shape index (κ3) is 4.11. The molecule has 1 aliphatic rings. The number of halogens is 1. The SMILES string of the molecule is CCC(Oc1ccc(Cl)cc1CNC1CC1)C(N)=O. The van der Waals surface area contributed by atoms with Crippen LogP contribution in [0.2, 0.25) is 5.02 Å². The Morgan fingerprint density at radius 2 is 2.32 bits per heavy atom. The molecule has 0 spiro atoms. The summed E-state index contributed by atoms with van der Waals surface area (Å²) < 4.78 is 5.69. The van der Waals surface area contributed by atoms with E-state index in [1.165, 1.54) is 12.8 Å². The summed E-state index contributed by atoms with van der Waals surface area (Å²) in [6.45, 7) is 2.56. The zero-order valence-electron chi connectivity index (χ0n) is 11.0. The Kier molecular flexibility index (Phi) is 4.66. The molecule has 5 heteroatoms. The van der Waals surface area contributed by atoms with Gasteiger partial charge < -0.3 is 15.8 Å². The number of amides is 1. The van der Waals surface area contributed by atoms with Gasteiger partial charge in [-0.25, -0.2) is 0 Å². The average Bonchev–Trinajstić information content (AvgIpc) is 3.18. The van der Waals surface area contributed by atoms with E-state index in [0.29, 0.717) is 29.8 Å². The Bertz CT molecular complexity index is 461. The van der Waals surface area contributed by atoms with Crippen LogP contribution in [0.1, 0.15) is 31.7 Å². The van der Waals surface area contributed by atoms with E-state index in [-0.39, 0.29) is 0 Å². The van der Waals surface area contributed by atoms with Crippen molar-refractivity contribution in [3.05, 3.63) is 28.8 Å². The number of carbonyl (C=O) groups is 1. The molecule has 19 heavy (non-hydrogen) atoms. The van der Waals surface area contributed by atoms with Gasteiger partial charge in [0.1, 0.15) is 5.75 Å². The van der Waals surface area contributed by atoms with E-state index >= 15 is 0 Å². The molecular formula is C14H19ClN2O2. The van der Waals surface area contributed by atoms with E-state index < -0.39 is 12.0 Å². The van der Waals surface area contributed by atoms with Crippen molar-refractivity contribution in [1.82, 2.24) is 5.32 Å². The van der Waals surface area contributed by atoms with Crippen molar-refractivity contribution in [2.24, 2.45) is 5.73 Å². The summed E-state index contributed by atoms with van der Waals surface area (Å²) in [5, 5.41) is 4.07. The fourth-order valence-corrected chi connectivity index (χ4v) is 2.03. The molecule has 4 nitrogen and oxygen atoms in total. The third-order valence-corrected chi connectivity index (χ3v) is 3.37. The standard InChI is InChI=1S/C14H19ClN2O2/c1-2-12(14(16)18)19-13-6-3-10(15)7-9(13)8-17-11-4-5-11/h3,6-7,11-12,17H,2,4-5,8H2,1H3,(H2,16,18). The quantitative estimate of drug-likeness (QED) is 0.806. The summed E-state index contributed by atoms with van der Waals surface area (Å²) in [6, 6.07) is 6.01. The average molecular weight is 283 g/mol. The lowest BCUT2D eigenvalue weighted by Gasteiger charge is -2.17. The third-order valence-electron chi connectivity index (χ3n) is 3.14. The van der Waals surface area contributed by atoms with Gasteiger partial charge in [0.25, 0.3) is 5.91 Å². The fourth-order valence-electron chi connectivity index (χ4n) is 1.84. The zero-order chi connectivity index (χ0) is 13.8. The van der Waals surface area contributed by atoms with Gasteiger partial charge in [0, 0.05) is 23.2 Å². The molecular weight excluding hydrogens is 264 g/mol. The maximum absolute atomic E-state index is 11.2. The van der Waals surface area contributed by atoms with Gasteiger partial charge in [0.15, 0.2) is 6.10 Å². The van der Waals surface area contributed by atoms with Crippen LogP contribution in [0, 0.1) is 0 Å². The van der Waals surface area contributed by atoms with E-state index in [9.17, 15) is 4.79 Å². The van der Waals surface area contributed by atoms with Crippen molar-refractivity contribution in [3.8, 4) is 5.75 Å². The monoisotopic (exact) mass is 282 g/mol. The maximum Gasteiger partial charge on any atom is 0.258 e. The van der Waals surface area contributed by atoms with Crippen molar-refractivity contribution < 1.29 is 9.53 Å². The van der Waals surface area contributed by atoms with Crippen molar-refractivity contribution in [3.63, 3.8) is 0 Å². The number of primary amides is 1. The normalized spacial score (nSPS) is 16.1. The molecule has 1 saturated carbocycles. The second-order valence-electron chi connectivity index (χ2n) is 4.82. The summed E-state index contributed by atoms with van der Waals surface area (Å²) >= 11 is 6.01. The molecule has 0 aliphatic heterocycles. The summed E-state index contributed by atoms with van der Waals surface area (Å²) in [5.41, 5.74) is 6.26. The largest absolute Gasteiger partial charge is 0.480 e. The lowest BCUT2D eigenvalue weighted by Crippen LogP contribution is -2.33. The lowest BCUT2D eigenvalue weighted by atomic mass is 10.2. The summed E-state index contributed by atoms with van der Waals surface area (Å²) in [7, 11) is 0. The lowest BCUT2D eigenvalue weighted by molar-refractivity contribution is -0.124. The van der Waals surface area contributed by atoms with E-state index in [2.05, 4.69) is 5.32 Å². The van der Waals surface area contributed by atoms with Gasteiger partial charge in [-0.3, -0.25) is 4.79 Å². The van der Waals surface area contributed by atoms with Gasteiger partial charge in [-0.05, 0) is 37.5 Å². The zero-order valence-corrected chi connectivity index (χ0v) is 11.7. The Balaban J connectivity index is 2.10. The van der Waals surface area contributed by atoms with Gasteiger partial charge >= 0.3 is 0 Å². The first-order valence-corrected chi connectivity index (χ1v) is 6.95. The Labute approximate surface area is 118 Å². The van der Waals surface area contributed by atoms with Crippen LogP contribution in [0.5, 0.6) is 5.75 Å². The highest BCUT2D eigenvalue weighted by Crippen LogP contribution is 2.26. The van der Waals surface area contributed by atoms with Crippen LogP contribution in [-0.2, 0) is 11.3 Å². The number of hydrogen-bond acceptors (Lipinski definition) is 3. The Hall–Kier alpha value is -1.26. The molecule has 3 N–H and O–H groups in total. The van der Waals surface area contributed by atoms with Crippen molar-refractivity contribution in [1.29, 1.82) is 0 Å². The second-order valence-corrected chi connectivity index (χ2v) is 5.26. The first-order valence-electron chi connectivity index (χ1n) is 6.58. The Morgan fingerprint density at radius 3 is 2.89 bits per heavy atom. The molecule has 1 amide bonds. The number of benzene rings is 1. The molecule has 0 heterocycles. The molecule has 1 aliphatic carbocycles. The van der Waals surface area contributed by atoms with Crippen LogP contribution >= 0.6 is 11.6 Å². The van der Waals surface area contributed by atoms with E-state index in [4.69, 9.17) is 22.1 Å². The number of carbonyl (C=O) groups excluding carboxylic acids is 1. The fraction of sp³-hybridized carbons (Fsp3) is 0.500. The van der Waals surface area contributed by atoms with Crippen LogP contribution in [0.4, 0.5) is 0 Å². The van der Waals surface area contributed by atoms with Crippen molar-refractivity contribution in [2.75, 3.05) is 0 Å². The van der Waals surface area contributed by atoms with Gasteiger partial charge in [0.2, 0.25) is 0 Å². The molecule has 1 aromatic rings. The second kappa shape index (κ2) is 6.26. The first kappa shape index (κ1) is 14.2.